The molecule has 0 aliphatic carbocycles. The van der Waals surface area contributed by atoms with Gasteiger partial charge in [-0.1, -0.05) is 30.3 Å². The third kappa shape index (κ3) is 3.51. The molecular weight excluding hydrogens is 420 g/mol. The first kappa shape index (κ1) is 20.4. The Bertz CT molecular complexity index is 1530. The molecule has 0 radical (unpaired) electrons. The zero-order valence-corrected chi connectivity index (χ0v) is 18.5. The maximum absolute atomic E-state index is 13.3. The van der Waals surface area contributed by atoms with Gasteiger partial charge in [0.1, 0.15) is 18.1 Å². The quantitative estimate of drug-likeness (QED) is 0.399. The van der Waals surface area contributed by atoms with Crippen molar-refractivity contribution in [3.05, 3.63) is 76.9 Å². The van der Waals surface area contributed by atoms with Crippen LogP contribution in [0.5, 0.6) is 5.88 Å². The summed E-state index contributed by atoms with van der Waals surface area (Å²) < 4.78 is 10.1. The molecule has 0 amide bonds. The first-order valence-electron chi connectivity index (χ1n) is 10.3. The molecule has 0 aliphatic heterocycles. The number of fused-ring (bicyclic) bond motifs is 1. The molecule has 0 atom stereocenters. The average molecular weight is 443 g/mol. The van der Waals surface area contributed by atoms with Crippen LogP contribution < -0.4 is 20.6 Å². The fourth-order valence-electron chi connectivity index (χ4n) is 3.92. The van der Waals surface area contributed by atoms with Crippen molar-refractivity contribution in [3.63, 3.8) is 0 Å². The van der Waals surface area contributed by atoms with Gasteiger partial charge in [-0.25, -0.2) is 19.9 Å². The van der Waals surface area contributed by atoms with Crippen LogP contribution >= 0.6 is 0 Å². The lowest BCUT2D eigenvalue weighted by atomic mass is 10.00. The molecule has 0 bridgehead atoms. The molecule has 33 heavy (non-hydrogen) atoms. The second-order valence-electron chi connectivity index (χ2n) is 7.72. The van der Waals surface area contributed by atoms with Crippen molar-refractivity contribution in [3.8, 4) is 28.3 Å². The summed E-state index contributed by atoms with van der Waals surface area (Å²) in [5.74, 6) is 1.28. The molecule has 4 aromatic heterocycles. The van der Waals surface area contributed by atoms with E-state index in [1.54, 1.807) is 13.3 Å². The normalized spacial score (nSPS) is 11.2. The average Bonchev–Trinajstić information content (AvgIpc) is 3.37. The standard InChI is InChI=1S/C23H22N8O2/c1-14-11-16(12-18(26-14)33-3)19-20(15-7-5-4-6-8-15)27-22(24)31-21(19)28-30(23(31)32)13-17-25-9-10-29(17)2/h4-12H,13H2,1-3H3,(H2,24,26,27,28)/p+1. The fraction of sp³-hybridized carbons (Fsp3) is 0.174. The molecule has 0 spiro atoms. The highest BCUT2D eigenvalue weighted by Gasteiger charge is 2.26. The highest BCUT2D eigenvalue weighted by atomic mass is 16.5. The maximum Gasteiger partial charge on any atom is 0.428 e. The fourth-order valence-corrected chi connectivity index (χ4v) is 3.92. The van der Waals surface area contributed by atoms with E-state index in [0.717, 1.165) is 28.2 Å². The van der Waals surface area contributed by atoms with Crippen molar-refractivity contribution in [1.82, 2.24) is 29.3 Å². The number of hydrogen-bond acceptors (Lipinski definition) is 6. The van der Waals surface area contributed by atoms with Gasteiger partial charge in [-0.05, 0) is 18.6 Å². The lowest BCUT2D eigenvalue weighted by molar-refractivity contribution is -0.516. The Balaban J connectivity index is 1.84. The number of methoxy groups -OCH3 is 1. The lowest BCUT2D eigenvalue weighted by Crippen LogP contribution is -2.44. The zero-order chi connectivity index (χ0) is 23.1. The lowest BCUT2D eigenvalue weighted by Gasteiger charge is -2.10. The van der Waals surface area contributed by atoms with Crippen LogP contribution in [0, 0.1) is 6.92 Å². The molecule has 0 unspecified atom stereocenters. The molecule has 0 saturated heterocycles. The summed E-state index contributed by atoms with van der Waals surface area (Å²) in [5.41, 5.74) is 10.3. The van der Waals surface area contributed by atoms with E-state index in [2.05, 4.69) is 20.1 Å². The SMILES string of the molecule is COc1cc(-c2c(-c3ccccc3)nc(N)[n+]3c(=O)n(Cc4nccn4C)[nH]c23)cc(C)n1. The van der Waals surface area contributed by atoms with Crippen molar-refractivity contribution in [1.29, 1.82) is 0 Å². The van der Waals surface area contributed by atoms with Gasteiger partial charge in [0.2, 0.25) is 11.5 Å². The Morgan fingerprint density at radius 3 is 2.64 bits per heavy atom. The Hall–Kier alpha value is -4.47. The summed E-state index contributed by atoms with van der Waals surface area (Å²) in [6, 6.07) is 13.5. The number of anilines is 1. The number of nitrogens with two attached hydrogens (primary N) is 1. The number of nitrogens with one attached hydrogen (secondary N) is 1. The molecule has 5 rings (SSSR count). The number of H-pyrrole nitrogens is 1. The molecule has 10 heteroatoms. The number of ether oxygens (including phenoxy) is 1. The van der Waals surface area contributed by atoms with Gasteiger partial charge in [0, 0.05) is 36.8 Å². The monoisotopic (exact) mass is 443 g/mol. The number of imidazole rings is 1. The number of nitrogens with zero attached hydrogens (tertiary/aromatic N) is 6. The Morgan fingerprint density at radius 2 is 1.94 bits per heavy atom. The van der Waals surface area contributed by atoms with Crippen molar-refractivity contribution < 1.29 is 9.14 Å². The van der Waals surface area contributed by atoms with E-state index in [4.69, 9.17) is 10.5 Å². The van der Waals surface area contributed by atoms with Crippen molar-refractivity contribution in [2.24, 2.45) is 7.05 Å². The van der Waals surface area contributed by atoms with Crippen LogP contribution in [0.25, 0.3) is 28.0 Å². The first-order chi connectivity index (χ1) is 16.0. The van der Waals surface area contributed by atoms with E-state index >= 15 is 0 Å². The molecule has 1 aromatic carbocycles. The van der Waals surface area contributed by atoms with Gasteiger partial charge in [-0.3, -0.25) is 0 Å². The molecule has 4 heterocycles. The predicted molar refractivity (Wildman–Crippen MR) is 123 cm³/mol. The zero-order valence-electron chi connectivity index (χ0n) is 18.5. The van der Waals surface area contributed by atoms with Crippen LogP contribution in [0.4, 0.5) is 5.95 Å². The number of aryl methyl sites for hydroxylation is 2. The summed E-state index contributed by atoms with van der Waals surface area (Å²) in [5, 5.41) is 3.24. The molecule has 0 fully saturated rings. The van der Waals surface area contributed by atoms with Crippen molar-refractivity contribution in [2.75, 3.05) is 12.8 Å². The van der Waals surface area contributed by atoms with E-state index < -0.39 is 0 Å². The van der Waals surface area contributed by atoms with E-state index in [1.165, 1.54) is 9.08 Å². The van der Waals surface area contributed by atoms with E-state index in [0.29, 0.717) is 17.2 Å². The van der Waals surface area contributed by atoms with Gasteiger partial charge in [0.05, 0.1) is 12.7 Å². The van der Waals surface area contributed by atoms with Gasteiger partial charge < -0.3 is 15.0 Å². The highest BCUT2D eigenvalue weighted by molar-refractivity contribution is 5.88. The first-order valence-corrected chi connectivity index (χ1v) is 10.3. The van der Waals surface area contributed by atoms with Crippen molar-refractivity contribution >= 4 is 11.6 Å². The Kier molecular flexibility index (Phi) is 4.89. The van der Waals surface area contributed by atoms with Gasteiger partial charge >= 0.3 is 11.6 Å². The maximum atomic E-state index is 13.3. The number of benzene rings is 1. The topological polar surface area (TPSA) is 121 Å². The minimum atomic E-state index is -0.336. The number of nitrogen functional groups attached to an aromatic ring is 1. The van der Waals surface area contributed by atoms with Crippen molar-refractivity contribution in [2.45, 2.75) is 13.5 Å². The third-order valence-corrected chi connectivity index (χ3v) is 5.51. The number of aromatic nitrogens is 7. The van der Waals surface area contributed by atoms with Crippen LogP contribution in [0.15, 0.2) is 59.7 Å². The van der Waals surface area contributed by atoms with Crippen LogP contribution in [-0.4, -0.2) is 36.4 Å². The van der Waals surface area contributed by atoms with Crippen LogP contribution in [-0.2, 0) is 13.6 Å². The summed E-state index contributed by atoms with van der Waals surface area (Å²) >= 11 is 0. The number of pyridine rings is 1. The van der Waals surface area contributed by atoms with Gasteiger partial charge in [0.25, 0.3) is 0 Å². The summed E-state index contributed by atoms with van der Waals surface area (Å²) in [6.45, 7) is 2.14. The van der Waals surface area contributed by atoms with Crippen LogP contribution in [0.2, 0.25) is 0 Å². The van der Waals surface area contributed by atoms with Gasteiger partial charge in [-0.2, -0.15) is 4.68 Å². The van der Waals surface area contributed by atoms with E-state index in [9.17, 15) is 4.79 Å². The van der Waals surface area contributed by atoms with E-state index in [1.807, 2.05) is 67.2 Å². The smallest absolute Gasteiger partial charge is 0.428 e. The second kappa shape index (κ2) is 7.90. The number of aromatic amines is 1. The highest BCUT2D eigenvalue weighted by Crippen LogP contribution is 2.34. The molecule has 5 aromatic rings. The summed E-state index contributed by atoms with van der Waals surface area (Å²) in [7, 11) is 3.45. The molecule has 166 valence electrons. The van der Waals surface area contributed by atoms with Crippen LogP contribution in [0.1, 0.15) is 11.5 Å². The molecule has 10 nitrogen and oxygen atoms in total. The minimum absolute atomic E-state index is 0.0881. The minimum Gasteiger partial charge on any atom is -0.481 e. The Labute approximate surface area is 188 Å². The molecule has 0 aliphatic rings. The third-order valence-electron chi connectivity index (χ3n) is 5.51. The number of hydrogen-bond donors (Lipinski definition) is 2. The molecule has 0 saturated carbocycles. The predicted octanol–water partition coefficient (Wildman–Crippen LogP) is 1.72. The molecule has 3 N–H and O–H groups in total. The Morgan fingerprint density at radius 1 is 1.15 bits per heavy atom. The summed E-state index contributed by atoms with van der Waals surface area (Å²) in [4.78, 5) is 26.7. The number of rotatable bonds is 5. The van der Waals surface area contributed by atoms with Gasteiger partial charge in [-0.15, -0.1) is 9.38 Å². The second-order valence-corrected chi connectivity index (χ2v) is 7.72. The van der Waals surface area contributed by atoms with Crippen LogP contribution in [0.3, 0.4) is 0 Å². The van der Waals surface area contributed by atoms with E-state index in [-0.39, 0.29) is 18.2 Å². The molecular formula is C23H23N8O2+. The summed E-state index contributed by atoms with van der Waals surface area (Å²) in [6.07, 6.45) is 3.52. The largest absolute Gasteiger partial charge is 0.481 e. The van der Waals surface area contributed by atoms with Gasteiger partial charge in [0.15, 0.2) is 0 Å².